The van der Waals surface area contributed by atoms with E-state index < -0.39 is 0 Å². The number of nitrogens with one attached hydrogen (secondary N) is 1. The van der Waals surface area contributed by atoms with Crippen LogP contribution in [0.25, 0.3) is 0 Å². The van der Waals surface area contributed by atoms with Crippen LogP contribution in [0.4, 0.5) is 5.69 Å². The van der Waals surface area contributed by atoms with Gasteiger partial charge in [0.1, 0.15) is 5.82 Å². The lowest BCUT2D eigenvalue weighted by Crippen LogP contribution is -2.29. The average molecular weight is 278 g/mol. The molecule has 1 fully saturated rings. The summed E-state index contributed by atoms with van der Waals surface area (Å²) in [6, 6.07) is 0. The number of rotatable bonds is 7. The van der Waals surface area contributed by atoms with Gasteiger partial charge in [0.05, 0.1) is 18.5 Å². The van der Waals surface area contributed by atoms with Crippen molar-refractivity contribution in [1.29, 1.82) is 0 Å². The van der Waals surface area contributed by atoms with Crippen LogP contribution < -0.4 is 11.1 Å². The summed E-state index contributed by atoms with van der Waals surface area (Å²) in [5.74, 6) is 1.23. The first kappa shape index (κ1) is 14.7. The van der Waals surface area contributed by atoms with Crippen molar-refractivity contribution >= 4 is 11.6 Å². The van der Waals surface area contributed by atoms with Gasteiger partial charge in [-0.15, -0.1) is 0 Å². The van der Waals surface area contributed by atoms with Gasteiger partial charge in [0.25, 0.3) is 5.91 Å². The molecule has 1 aromatic rings. The summed E-state index contributed by atoms with van der Waals surface area (Å²) in [6.45, 7) is 5.72. The van der Waals surface area contributed by atoms with Crippen LogP contribution in [0, 0.1) is 5.92 Å². The molecule has 1 saturated carbocycles. The monoisotopic (exact) mass is 278 g/mol. The van der Waals surface area contributed by atoms with Crippen molar-refractivity contribution in [2.24, 2.45) is 5.92 Å². The lowest BCUT2D eigenvalue weighted by atomic mass is 10.2. The fraction of sp³-hybridized carbons (Fsp3) is 0.643. The van der Waals surface area contributed by atoms with Crippen LogP contribution in [0.2, 0.25) is 0 Å². The zero-order valence-corrected chi connectivity index (χ0v) is 12.1. The molecule has 3 N–H and O–H groups in total. The third kappa shape index (κ3) is 4.16. The number of ether oxygens (including phenoxy) is 1. The Balaban J connectivity index is 1.82. The van der Waals surface area contributed by atoms with E-state index in [0.29, 0.717) is 24.7 Å². The Morgan fingerprint density at radius 1 is 1.55 bits per heavy atom. The molecule has 6 heteroatoms. The molecule has 0 bridgehead atoms. The minimum absolute atomic E-state index is 0.157. The van der Waals surface area contributed by atoms with Crippen LogP contribution in [0.5, 0.6) is 0 Å². The normalized spacial score (nSPS) is 14.6. The van der Waals surface area contributed by atoms with Gasteiger partial charge in [0.2, 0.25) is 0 Å². The molecule has 1 aliphatic rings. The first-order valence-electron chi connectivity index (χ1n) is 7.06. The smallest absolute Gasteiger partial charge is 0.272 e. The van der Waals surface area contributed by atoms with Crippen molar-refractivity contribution < 1.29 is 9.53 Å². The van der Waals surface area contributed by atoms with Crippen LogP contribution in [0.15, 0.2) is 6.20 Å². The molecule has 110 valence electrons. The van der Waals surface area contributed by atoms with Gasteiger partial charge in [-0.1, -0.05) is 13.8 Å². The number of carbonyl (C=O) groups is 1. The molecule has 1 aromatic heterocycles. The highest BCUT2D eigenvalue weighted by Gasteiger charge is 2.21. The first-order valence-corrected chi connectivity index (χ1v) is 7.06. The number of hydrogen-bond donors (Lipinski definition) is 2. The Labute approximate surface area is 119 Å². The minimum atomic E-state index is -0.276. The molecule has 0 atom stereocenters. The summed E-state index contributed by atoms with van der Waals surface area (Å²) >= 11 is 0. The average Bonchev–Trinajstić information content (AvgIpc) is 3.22. The maximum Gasteiger partial charge on any atom is 0.272 e. The molecular weight excluding hydrogens is 256 g/mol. The molecule has 1 amide bonds. The molecule has 0 saturated heterocycles. The van der Waals surface area contributed by atoms with Gasteiger partial charge in [0.15, 0.2) is 5.69 Å². The third-order valence-corrected chi connectivity index (χ3v) is 3.15. The predicted octanol–water partition coefficient (Wildman–Crippen LogP) is 1.34. The van der Waals surface area contributed by atoms with E-state index in [4.69, 9.17) is 10.5 Å². The van der Waals surface area contributed by atoms with Gasteiger partial charge in [-0.05, 0) is 18.8 Å². The van der Waals surface area contributed by atoms with E-state index in [1.165, 1.54) is 19.0 Å². The molecule has 20 heavy (non-hydrogen) atoms. The second-order valence-corrected chi connectivity index (χ2v) is 5.46. The lowest BCUT2D eigenvalue weighted by molar-refractivity contribution is 0.0902. The highest BCUT2D eigenvalue weighted by molar-refractivity contribution is 5.96. The van der Waals surface area contributed by atoms with E-state index in [0.717, 1.165) is 12.5 Å². The number of aromatic nitrogens is 2. The Bertz CT molecular complexity index is 472. The summed E-state index contributed by atoms with van der Waals surface area (Å²) in [5, 5.41) is 2.77. The van der Waals surface area contributed by atoms with Gasteiger partial charge in [-0.3, -0.25) is 4.79 Å². The van der Waals surface area contributed by atoms with E-state index in [1.807, 2.05) is 13.8 Å². The number of anilines is 1. The van der Waals surface area contributed by atoms with Crippen molar-refractivity contribution in [2.75, 3.05) is 25.5 Å². The fourth-order valence-electron chi connectivity index (χ4n) is 1.72. The minimum Gasteiger partial charge on any atom is -0.396 e. The topological polar surface area (TPSA) is 90.1 Å². The maximum absolute atomic E-state index is 12.0. The van der Waals surface area contributed by atoms with Crippen LogP contribution in [0.3, 0.4) is 0 Å². The number of hydrogen-bond acceptors (Lipinski definition) is 5. The molecule has 0 spiro atoms. The summed E-state index contributed by atoms with van der Waals surface area (Å²) in [6.07, 6.45) is 4.02. The predicted molar refractivity (Wildman–Crippen MR) is 76.4 cm³/mol. The Morgan fingerprint density at radius 3 is 2.95 bits per heavy atom. The van der Waals surface area contributed by atoms with Crippen molar-refractivity contribution in [1.82, 2.24) is 15.3 Å². The standard InChI is InChI=1S/C14H22N4O2/c1-9(2)13-17-7-11(15)12(18-13)14(19)16-5-6-20-8-10-3-4-10/h7,9-10H,3-6,8,15H2,1-2H3,(H,16,19). The maximum atomic E-state index is 12.0. The van der Waals surface area contributed by atoms with Crippen molar-refractivity contribution in [3.63, 3.8) is 0 Å². The number of nitrogens with zero attached hydrogens (tertiary/aromatic N) is 2. The van der Waals surface area contributed by atoms with Gasteiger partial charge in [0, 0.05) is 19.1 Å². The first-order chi connectivity index (χ1) is 9.58. The van der Waals surface area contributed by atoms with Gasteiger partial charge in [-0.25, -0.2) is 9.97 Å². The van der Waals surface area contributed by atoms with Crippen molar-refractivity contribution in [3.8, 4) is 0 Å². The second kappa shape index (κ2) is 6.65. The molecule has 0 radical (unpaired) electrons. The second-order valence-electron chi connectivity index (χ2n) is 5.46. The SMILES string of the molecule is CC(C)c1ncc(N)c(C(=O)NCCOCC2CC2)n1. The Hall–Kier alpha value is -1.69. The zero-order valence-electron chi connectivity index (χ0n) is 12.1. The third-order valence-electron chi connectivity index (χ3n) is 3.15. The molecule has 0 unspecified atom stereocenters. The highest BCUT2D eigenvalue weighted by atomic mass is 16.5. The molecule has 1 heterocycles. The molecule has 0 aromatic carbocycles. The Kier molecular flexibility index (Phi) is 4.89. The number of carbonyl (C=O) groups excluding carboxylic acids is 1. The highest BCUT2D eigenvalue weighted by Crippen LogP contribution is 2.28. The van der Waals surface area contributed by atoms with Crippen molar-refractivity contribution in [2.45, 2.75) is 32.6 Å². The molecule has 2 rings (SSSR count). The quantitative estimate of drug-likeness (QED) is 0.734. The van der Waals surface area contributed by atoms with Gasteiger partial charge < -0.3 is 15.8 Å². The number of nitrogen functional groups attached to an aromatic ring is 1. The van der Waals surface area contributed by atoms with Crippen LogP contribution in [-0.4, -0.2) is 35.6 Å². The lowest BCUT2D eigenvalue weighted by Gasteiger charge is -2.09. The van der Waals surface area contributed by atoms with E-state index in [-0.39, 0.29) is 17.5 Å². The van der Waals surface area contributed by atoms with Gasteiger partial charge >= 0.3 is 0 Å². The van der Waals surface area contributed by atoms with Crippen molar-refractivity contribution in [3.05, 3.63) is 17.7 Å². The zero-order chi connectivity index (χ0) is 14.5. The van der Waals surface area contributed by atoms with E-state index in [1.54, 1.807) is 0 Å². The molecule has 6 nitrogen and oxygen atoms in total. The summed E-state index contributed by atoms with van der Waals surface area (Å²) in [7, 11) is 0. The summed E-state index contributed by atoms with van der Waals surface area (Å²) in [5.41, 5.74) is 6.29. The van der Waals surface area contributed by atoms with E-state index in [2.05, 4.69) is 15.3 Å². The van der Waals surface area contributed by atoms with Crippen LogP contribution >= 0.6 is 0 Å². The summed E-state index contributed by atoms with van der Waals surface area (Å²) < 4.78 is 5.46. The largest absolute Gasteiger partial charge is 0.396 e. The van der Waals surface area contributed by atoms with E-state index >= 15 is 0 Å². The number of nitrogens with two attached hydrogens (primary N) is 1. The van der Waals surface area contributed by atoms with E-state index in [9.17, 15) is 4.79 Å². The molecule has 0 aliphatic heterocycles. The van der Waals surface area contributed by atoms with Crippen LogP contribution in [0.1, 0.15) is 48.9 Å². The summed E-state index contributed by atoms with van der Waals surface area (Å²) in [4.78, 5) is 20.3. The molecule has 1 aliphatic carbocycles. The van der Waals surface area contributed by atoms with Crippen LogP contribution in [-0.2, 0) is 4.74 Å². The number of amides is 1. The van der Waals surface area contributed by atoms with Gasteiger partial charge in [-0.2, -0.15) is 0 Å². The molecular formula is C14H22N4O2. The fourth-order valence-corrected chi connectivity index (χ4v) is 1.72. The Morgan fingerprint density at radius 2 is 2.30 bits per heavy atom.